The molecular weight excluding hydrogens is 382 g/mol. The molecule has 0 radical (unpaired) electrons. The number of nitrogens with zero attached hydrogens (tertiary/aromatic N) is 2. The van der Waals surface area contributed by atoms with E-state index in [1.54, 1.807) is 18.9 Å². The summed E-state index contributed by atoms with van der Waals surface area (Å²) in [6.07, 6.45) is 0.466. The van der Waals surface area contributed by atoms with Crippen molar-refractivity contribution in [3.8, 4) is 0 Å². The lowest BCUT2D eigenvalue weighted by molar-refractivity contribution is -0.137. The SMILES string of the molecule is COC(=O)C1=C(C)N(C)C(CCN(C)C)=C(C(=O)OC)C1c1cc(F)cc(F)c1. The van der Waals surface area contributed by atoms with Gasteiger partial charge in [-0.15, -0.1) is 0 Å². The van der Waals surface area contributed by atoms with Crippen LogP contribution in [-0.4, -0.2) is 63.6 Å². The first-order chi connectivity index (χ1) is 13.6. The van der Waals surface area contributed by atoms with E-state index in [2.05, 4.69) is 0 Å². The highest BCUT2D eigenvalue weighted by Gasteiger charge is 2.40. The van der Waals surface area contributed by atoms with Gasteiger partial charge in [0.2, 0.25) is 0 Å². The van der Waals surface area contributed by atoms with Crippen molar-refractivity contribution in [2.75, 3.05) is 41.9 Å². The summed E-state index contributed by atoms with van der Waals surface area (Å²) in [4.78, 5) is 29.1. The van der Waals surface area contributed by atoms with Gasteiger partial charge in [-0.3, -0.25) is 0 Å². The molecule has 6 nitrogen and oxygen atoms in total. The number of carbonyl (C=O) groups is 2. The molecule has 1 aromatic rings. The van der Waals surface area contributed by atoms with Crippen LogP contribution in [0, 0.1) is 11.6 Å². The van der Waals surface area contributed by atoms with Gasteiger partial charge in [0, 0.05) is 37.5 Å². The number of carbonyl (C=O) groups excluding carboxylic acids is 2. The van der Waals surface area contributed by atoms with Gasteiger partial charge >= 0.3 is 11.9 Å². The molecule has 0 saturated carbocycles. The Hall–Kier alpha value is -2.74. The van der Waals surface area contributed by atoms with Crippen LogP contribution in [0.3, 0.4) is 0 Å². The maximum absolute atomic E-state index is 14.0. The first-order valence-corrected chi connectivity index (χ1v) is 9.07. The van der Waals surface area contributed by atoms with E-state index in [1.807, 2.05) is 19.0 Å². The van der Waals surface area contributed by atoms with Gasteiger partial charge in [0.25, 0.3) is 0 Å². The largest absolute Gasteiger partial charge is 0.466 e. The fourth-order valence-corrected chi connectivity index (χ4v) is 3.51. The zero-order valence-electron chi connectivity index (χ0n) is 17.5. The minimum Gasteiger partial charge on any atom is -0.466 e. The van der Waals surface area contributed by atoms with E-state index in [1.165, 1.54) is 14.2 Å². The maximum Gasteiger partial charge on any atom is 0.336 e. The third kappa shape index (κ3) is 4.64. The smallest absolute Gasteiger partial charge is 0.336 e. The van der Waals surface area contributed by atoms with Crippen molar-refractivity contribution in [3.05, 3.63) is 57.9 Å². The van der Waals surface area contributed by atoms with Crippen LogP contribution < -0.4 is 0 Å². The standard InChI is InChI=1S/C21H26F2N2O4/c1-12-17(20(26)28-5)18(13-9-14(22)11-15(23)10-13)19(21(27)29-6)16(25(12)4)7-8-24(2)3/h9-11,18H,7-8H2,1-6H3. The number of methoxy groups -OCH3 is 2. The van der Waals surface area contributed by atoms with E-state index in [0.717, 1.165) is 18.2 Å². The first-order valence-electron chi connectivity index (χ1n) is 9.07. The topological polar surface area (TPSA) is 59.1 Å². The summed E-state index contributed by atoms with van der Waals surface area (Å²) in [5, 5.41) is 0. The van der Waals surface area contributed by atoms with Gasteiger partial charge in [0.05, 0.1) is 31.3 Å². The molecule has 1 aliphatic heterocycles. The molecule has 8 heteroatoms. The molecule has 0 amide bonds. The lowest BCUT2D eigenvalue weighted by atomic mass is 9.79. The normalized spacial score (nSPS) is 17.1. The van der Waals surface area contributed by atoms with Crippen molar-refractivity contribution < 1.29 is 27.8 Å². The number of rotatable bonds is 6. The first kappa shape index (κ1) is 22.5. The predicted molar refractivity (Wildman–Crippen MR) is 104 cm³/mol. The van der Waals surface area contributed by atoms with Gasteiger partial charge in [-0.2, -0.15) is 0 Å². The Morgan fingerprint density at radius 1 is 1.03 bits per heavy atom. The summed E-state index contributed by atoms with van der Waals surface area (Å²) in [6.45, 7) is 2.32. The average molecular weight is 408 g/mol. The summed E-state index contributed by atoms with van der Waals surface area (Å²) in [5.41, 5.74) is 1.58. The summed E-state index contributed by atoms with van der Waals surface area (Å²) < 4.78 is 37.9. The van der Waals surface area contributed by atoms with Gasteiger partial charge < -0.3 is 19.3 Å². The summed E-state index contributed by atoms with van der Waals surface area (Å²) in [7, 11) is 7.96. The predicted octanol–water partition coefficient (Wildman–Crippen LogP) is 2.82. The molecule has 0 aliphatic carbocycles. The van der Waals surface area contributed by atoms with Crippen LogP contribution in [0.25, 0.3) is 0 Å². The molecule has 2 rings (SSSR count). The van der Waals surface area contributed by atoms with Crippen LogP contribution in [-0.2, 0) is 19.1 Å². The maximum atomic E-state index is 14.0. The molecule has 1 atom stereocenters. The second-order valence-corrected chi connectivity index (χ2v) is 7.09. The fourth-order valence-electron chi connectivity index (χ4n) is 3.51. The Bertz CT molecular complexity index is 857. The molecule has 0 aromatic heterocycles. The monoisotopic (exact) mass is 408 g/mol. The Balaban J connectivity index is 2.82. The highest BCUT2D eigenvalue weighted by atomic mass is 19.1. The summed E-state index contributed by atoms with van der Waals surface area (Å²) in [6, 6.07) is 2.96. The van der Waals surface area contributed by atoms with E-state index in [0.29, 0.717) is 24.4 Å². The van der Waals surface area contributed by atoms with Crippen molar-refractivity contribution in [3.63, 3.8) is 0 Å². The number of hydrogen-bond acceptors (Lipinski definition) is 6. The van der Waals surface area contributed by atoms with Gasteiger partial charge in [0.1, 0.15) is 11.6 Å². The molecular formula is C21H26F2N2O4. The fraction of sp³-hybridized carbons (Fsp3) is 0.429. The van der Waals surface area contributed by atoms with Gasteiger partial charge in [-0.25, -0.2) is 18.4 Å². The molecule has 0 saturated heterocycles. The number of benzene rings is 1. The van der Waals surface area contributed by atoms with Crippen LogP contribution >= 0.6 is 0 Å². The number of allylic oxidation sites excluding steroid dienone is 1. The van der Waals surface area contributed by atoms with Crippen LogP contribution in [0.15, 0.2) is 40.7 Å². The summed E-state index contributed by atoms with van der Waals surface area (Å²) in [5.74, 6) is -3.99. The Morgan fingerprint density at radius 2 is 1.55 bits per heavy atom. The van der Waals surface area contributed by atoms with Crippen LogP contribution in [0.1, 0.15) is 24.8 Å². The van der Waals surface area contributed by atoms with Crippen molar-refractivity contribution in [2.24, 2.45) is 0 Å². The van der Waals surface area contributed by atoms with E-state index < -0.39 is 29.5 Å². The zero-order chi connectivity index (χ0) is 21.9. The zero-order valence-corrected chi connectivity index (χ0v) is 17.5. The van der Waals surface area contributed by atoms with Crippen molar-refractivity contribution in [2.45, 2.75) is 19.3 Å². The molecule has 0 bridgehead atoms. The third-order valence-corrected chi connectivity index (χ3v) is 5.01. The van der Waals surface area contributed by atoms with Gasteiger partial charge in [-0.1, -0.05) is 0 Å². The molecule has 1 aromatic carbocycles. The highest BCUT2D eigenvalue weighted by molar-refractivity contribution is 5.99. The Morgan fingerprint density at radius 3 is 2.03 bits per heavy atom. The van der Waals surface area contributed by atoms with E-state index in [4.69, 9.17) is 9.47 Å². The molecule has 158 valence electrons. The lowest BCUT2D eigenvalue weighted by Gasteiger charge is -2.37. The minimum absolute atomic E-state index is 0.133. The molecule has 0 spiro atoms. The second kappa shape index (κ2) is 9.17. The minimum atomic E-state index is -1.02. The van der Waals surface area contributed by atoms with Crippen LogP contribution in [0.4, 0.5) is 8.78 Å². The van der Waals surface area contributed by atoms with Crippen LogP contribution in [0.5, 0.6) is 0 Å². The molecule has 0 N–H and O–H groups in total. The number of hydrogen-bond donors (Lipinski definition) is 0. The second-order valence-electron chi connectivity index (χ2n) is 7.09. The number of ether oxygens (including phenoxy) is 2. The molecule has 1 aliphatic rings. The van der Waals surface area contributed by atoms with Crippen LogP contribution in [0.2, 0.25) is 0 Å². The molecule has 1 heterocycles. The van der Waals surface area contributed by atoms with Crippen molar-refractivity contribution in [1.29, 1.82) is 0 Å². The highest BCUT2D eigenvalue weighted by Crippen LogP contribution is 2.43. The van der Waals surface area contributed by atoms with Gasteiger partial charge in [-0.05, 0) is 38.7 Å². The van der Waals surface area contributed by atoms with E-state index in [-0.39, 0.29) is 16.7 Å². The quantitative estimate of drug-likeness (QED) is 0.675. The number of esters is 2. The molecule has 0 fully saturated rings. The van der Waals surface area contributed by atoms with E-state index in [9.17, 15) is 18.4 Å². The number of halogens is 2. The van der Waals surface area contributed by atoms with E-state index >= 15 is 0 Å². The third-order valence-electron chi connectivity index (χ3n) is 5.01. The van der Waals surface area contributed by atoms with Crippen molar-refractivity contribution in [1.82, 2.24) is 9.80 Å². The van der Waals surface area contributed by atoms with Gasteiger partial charge in [0.15, 0.2) is 0 Å². The Labute approximate surface area is 169 Å². The molecule has 1 unspecified atom stereocenters. The summed E-state index contributed by atoms with van der Waals surface area (Å²) >= 11 is 0. The van der Waals surface area contributed by atoms with Crippen molar-refractivity contribution >= 4 is 11.9 Å². The molecule has 29 heavy (non-hydrogen) atoms. The average Bonchev–Trinajstić information content (AvgIpc) is 2.66. The Kier molecular flexibility index (Phi) is 7.13. The lowest BCUT2D eigenvalue weighted by Crippen LogP contribution is -2.35.